The molecule has 1 saturated heterocycles. The molecule has 1 heterocycles. The summed E-state index contributed by atoms with van der Waals surface area (Å²) in [5.74, 6) is -0.0431. The highest BCUT2D eigenvalue weighted by atomic mass is 16.3. The van der Waals surface area contributed by atoms with Crippen molar-refractivity contribution in [2.75, 3.05) is 25.5 Å². The number of aromatic hydroxyl groups is 1. The summed E-state index contributed by atoms with van der Waals surface area (Å²) in [6.07, 6.45) is 2.94. The zero-order chi connectivity index (χ0) is 22.7. The number of phenolic OH excluding ortho intramolecular Hbond substituents is 1. The minimum atomic E-state index is -0.182. The van der Waals surface area contributed by atoms with Gasteiger partial charge in [0, 0.05) is 31.9 Å². The normalized spacial score (nSPS) is 14.2. The average molecular weight is 430 g/mol. The molecule has 32 heavy (non-hydrogen) atoms. The first-order valence-electron chi connectivity index (χ1n) is 10.8. The maximum atomic E-state index is 12.7. The molecule has 0 aliphatic carbocycles. The Morgan fingerprint density at radius 2 is 1.84 bits per heavy atom. The molecule has 3 aromatic carbocycles. The third-order valence-corrected chi connectivity index (χ3v) is 5.99. The molecule has 6 heteroatoms. The van der Waals surface area contributed by atoms with Crippen LogP contribution >= 0.6 is 0 Å². The Morgan fingerprint density at radius 1 is 1.09 bits per heavy atom. The summed E-state index contributed by atoms with van der Waals surface area (Å²) in [4.78, 5) is 26.3. The Hall–Kier alpha value is -3.80. The van der Waals surface area contributed by atoms with E-state index in [1.165, 1.54) is 6.08 Å². The number of carbonyl (C=O) groups excluding carboxylic acids is 2. The van der Waals surface area contributed by atoms with Gasteiger partial charge in [0.1, 0.15) is 5.75 Å². The first-order valence-corrected chi connectivity index (χ1v) is 10.8. The van der Waals surface area contributed by atoms with E-state index < -0.39 is 0 Å². The van der Waals surface area contributed by atoms with Crippen LogP contribution in [0.5, 0.6) is 5.75 Å². The van der Waals surface area contributed by atoms with Gasteiger partial charge in [-0.1, -0.05) is 36.9 Å². The zero-order valence-corrected chi connectivity index (χ0v) is 18.1. The lowest BCUT2D eigenvalue weighted by Gasteiger charge is -2.32. The van der Waals surface area contributed by atoms with Gasteiger partial charge in [-0.25, -0.2) is 0 Å². The van der Waals surface area contributed by atoms with Gasteiger partial charge in [-0.2, -0.15) is 0 Å². The standard InChI is InChI=1S/C26H27N3O3/c1-3-25(31)29-12-10-19(11-13-29)28-24-9-8-18(15-23(24)26(32)27-2)22-16-20(30)14-17-6-4-5-7-21(17)22/h3-9,14-16,19,28,30H,1,10-13H2,2H3,(H,27,32). The molecule has 164 valence electrons. The second-order valence-corrected chi connectivity index (χ2v) is 8.00. The third-order valence-electron chi connectivity index (χ3n) is 5.99. The molecule has 0 unspecified atom stereocenters. The van der Waals surface area contributed by atoms with Crippen molar-refractivity contribution in [3.63, 3.8) is 0 Å². The Kier molecular flexibility index (Phi) is 6.12. The van der Waals surface area contributed by atoms with Crippen molar-refractivity contribution in [2.24, 2.45) is 0 Å². The number of anilines is 1. The molecule has 3 N–H and O–H groups in total. The molecular formula is C26H27N3O3. The fraction of sp³-hybridized carbons (Fsp3) is 0.231. The number of nitrogens with one attached hydrogen (secondary N) is 2. The fourth-order valence-electron chi connectivity index (χ4n) is 4.29. The van der Waals surface area contributed by atoms with Crippen LogP contribution in [0.1, 0.15) is 23.2 Å². The van der Waals surface area contributed by atoms with Crippen molar-refractivity contribution in [2.45, 2.75) is 18.9 Å². The van der Waals surface area contributed by atoms with E-state index in [0.29, 0.717) is 18.7 Å². The number of rotatable bonds is 5. The fourth-order valence-corrected chi connectivity index (χ4v) is 4.29. The van der Waals surface area contributed by atoms with E-state index in [2.05, 4.69) is 17.2 Å². The minimum Gasteiger partial charge on any atom is -0.508 e. The highest BCUT2D eigenvalue weighted by Gasteiger charge is 2.23. The molecular weight excluding hydrogens is 402 g/mol. The van der Waals surface area contributed by atoms with Crippen molar-refractivity contribution >= 4 is 28.3 Å². The minimum absolute atomic E-state index is 0.0443. The topological polar surface area (TPSA) is 81.7 Å². The summed E-state index contributed by atoms with van der Waals surface area (Å²) in [5, 5.41) is 18.4. The summed E-state index contributed by atoms with van der Waals surface area (Å²) in [6.45, 7) is 4.87. The van der Waals surface area contributed by atoms with Gasteiger partial charge in [0.2, 0.25) is 5.91 Å². The van der Waals surface area contributed by atoms with E-state index in [-0.39, 0.29) is 23.6 Å². The van der Waals surface area contributed by atoms with Crippen LogP contribution in [-0.2, 0) is 4.79 Å². The summed E-state index contributed by atoms with van der Waals surface area (Å²) < 4.78 is 0. The largest absolute Gasteiger partial charge is 0.508 e. The highest BCUT2D eigenvalue weighted by molar-refractivity contribution is 6.03. The van der Waals surface area contributed by atoms with Gasteiger partial charge in [0.25, 0.3) is 5.91 Å². The van der Waals surface area contributed by atoms with Gasteiger partial charge in [0.05, 0.1) is 5.56 Å². The molecule has 6 nitrogen and oxygen atoms in total. The van der Waals surface area contributed by atoms with Crippen LogP contribution in [0.4, 0.5) is 5.69 Å². The summed E-state index contributed by atoms with van der Waals surface area (Å²) in [6, 6.07) is 17.2. The number of hydrogen-bond donors (Lipinski definition) is 3. The third kappa shape index (κ3) is 4.30. The predicted molar refractivity (Wildman–Crippen MR) is 128 cm³/mol. The molecule has 0 radical (unpaired) electrons. The molecule has 1 fully saturated rings. The van der Waals surface area contributed by atoms with Crippen LogP contribution in [-0.4, -0.2) is 48.0 Å². The van der Waals surface area contributed by atoms with Crippen molar-refractivity contribution in [3.8, 4) is 16.9 Å². The van der Waals surface area contributed by atoms with E-state index in [1.54, 1.807) is 24.1 Å². The number of hydrogen-bond acceptors (Lipinski definition) is 4. The monoisotopic (exact) mass is 429 g/mol. The van der Waals surface area contributed by atoms with Crippen LogP contribution in [0.3, 0.4) is 0 Å². The van der Waals surface area contributed by atoms with Crippen molar-refractivity contribution in [1.29, 1.82) is 0 Å². The molecule has 0 aromatic heterocycles. The van der Waals surface area contributed by atoms with Gasteiger partial charge >= 0.3 is 0 Å². The molecule has 2 amide bonds. The van der Waals surface area contributed by atoms with Gasteiger partial charge in [-0.05, 0) is 65.1 Å². The molecule has 4 rings (SSSR count). The predicted octanol–water partition coefficient (Wildman–Crippen LogP) is 4.16. The van der Waals surface area contributed by atoms with Crippen LogP contribution in [0.25, 0.3) is 21.9 Å². The summed E-state index contributed by atoms with van der Waals surface area (Å²) >= 11 is 0. The first-order chi connectivity index (χ1) is 15.5. The Balaban J connectivity index is 1.65. The Labute approximate surface area is 187 Å². The highest BCUT2D eigenvalue weighted by Crippen LogP contribution is 2.34. The zero-order valence-electron chi connectivity index (χ0n) is 18.1. The van der Waals surface area contributed by atoms with Crippen molar-refractivity contribution < 1.29 is 14.7 Å². The number of amides is 2. The summed E-state index contributed by atoms with van der Waals surface area (Å²) in [7, 11) is 1.61. The van der Waals surface area contributed by atoms with Gasteiger partial charge < -0.3 is 20.6 Å². The number of nitrogens with zero attached hydrogens (tertiary/aromatic N) is 1. The molecule has 0 atom stereocenters. The lowest BCUT2D eigenvalue weighted by atomic mass is 9.95. The van der Waals surface area contributed by atoms with Crippen LogP contribution in [0.15, 0.2) is 67.3 Å². The van der Waals surface area contributed by atoms with Crippen molar-refractivity contribution in [1.82, 2.24) is 10.2 Å². The number of benzene rings is 3. The SMILES string of the molecule is C=CC(=O)N1CCC(Nc2ccc(-c3cc(O)cc4ccccc34)cc2C(=O)NC)CC1. The van der Waals surface area contributed by atoms with Gasteiger partial charge in [-0.3, -0.25) is 9.59 Å². The van der Waals surface area contributed by atoms with Crippen LogP contribution in [0, 0.1) is 0 Å². The van der Waals surface area contributed by atoms with Gasteiger partial charge in [0.15, 0.2) is 0 Å². The Morgan fingerprint density at radius 3 is 2.56 bits per heavy atom. The smallest absolute Gasteiger partial charge is 0.253 e. The van der Waals surface area contributed by atoms with Crippen LogP contribution < -0.4 is 10.6 Å². The summed E-state index contributed by atoms with van der Waals surface area (Å²) in [5.41, 5.74) is 3.02. The maximum Gasteiger partial charge on any atom is 0.253 e. The van der Waals surface area contributed by atoms with E-state index in [1.807, 2.05) is 42.5 Å². The molecule has 0 bridgehead atoms. The number of carbonyl (C=O) groups is 2. The quantitative estimate of drug-likeness (QED) is 0.532. The number of fused-ring (bicyclic) bond motifs is 1. The van der Waals surface area contributed by atoms with E-state index in [0.717, 1.165) is 40.4 Å². The second-order valence-electron chi connectivity index (χ2n) is 8.00. The van der Waals surface area contributed by atoms with E-state index >= 15 is 0 Å². The number of phenols is 1. The number of piperidine rings is 1. The average Bonchev–Trinajstić information content (AvgIpc) is 2.83. The van der Waals surface area contributed by atoms with Gasteiger partial charge in [-0.15, -0.1) is 0 Å². The van der Waals surface area contributed by atoms with Crippen molar-refractivity contribution in [3.05, 3.63) is 72.8 Å². The molecule has 1 aliphatic heterocycles. The lowest BCUT2D eigenvalue weighted by molar-refractivity contribution is -0.126. The number of likely N-dealkylation sites (tertiary alicyclic amines) is 1. The first kappa shape index (κ1) is 21.4. The Bertz CT molecular complexity index is 1180. The molecule has 3 aromatic rings. The molecule has 0 spiro atoms. The van der Waals surface area contributed by atoms with E-state index in [4.69, 9.17) is 0 Å². The molecule has 1 aliphatic rings. The maximum absolute atomic E-state index is 12.7. The molecule has 0 saturated carbocycles. The van der Waals surface area contributed by atoms with Crippen LogP contribution in [0.2, 0.25) is 0 Å². The van der Waals surface area contributed by atoms with E-state index in [9.17, 15) is 14.7 Å². The lowest BCUT2D eigenvalue weighted by Crippen LogP contribution is -2.41. The second kappa shape index (κ2) is 9.14.